The maximum Gasteiger partial charge on any atom is 0.366 e. The Morgan fingerprint density at radius 1 is 0.917 bits per heavy atom. The van der Waals surface area contributed by atoms with Gasteiger partial charge >= 0.3 is 5.97 Å². The molecule has 6 nitrogen and oxygen atoms in total. The van der Waals surface area contributed by atoms with Crippen LogP contribution in [0.3, 0.4) is 0 Å². The summed E-state index contributed by atoms with van der Waals surface area (Å²) in [5, 5.41) is 1.39. The van der Waals surface area contributed by atoms with Gasteiger partial charge in [0.1, 0.15) is 0 Å². The summed E-state index contributed by atoms with van der Waals surface area (Å²) in [4.78, 5) is 42.2. The highest BCUT2D eigenvalue weighted by Gasteiger charge is 2.39. The number of carbonyl (C=O) groups is 3. The van der Waals surface area contributed by atoms with Gasteiger partial charge in [-0.25, -0.2) is 4.79 Å². The van der Waals surface area contributed by atoms with Gasteiger partial charge in [0.15, 0.2) is 0 Å². The molecule has 3 aromatic rings. The molecule has 118 valence electrons. The van der Waals surface area contributed by atoms with E-state index < -0.39 is 17.8 Å². The van der Waals surface area contributed by atoms with Gasteiger partial charge in [-0.05, 0) is 24.3 Å². The van der Waals surface area contributed by atoms with E-state index in [4.69, 9.17) is 4.84 Å². The van der Waals surface area contributed by atoms with Gasteiger partial charge in [0.2, 0.25) is 0 Å². The Bertz CT molecular complexity index is 984. The number of hydroxylamine groups is 2. The molecule has 2 amide bonds. The van der Waals surface area contributed by atoms with Crippen LogP contribution in [0.4, 0.5) is 0 Å². The van der Waals surface area contributed by atoms with Crippen molar-refractivity contribution in [1.82, 2.24) is 9.63 Å². The first-order chi connectivity index (χ1) is 11.6. The zero-order valence-corrected chi connectivity index (χ0v) is 12.7. The molecule has 0 fully saturated rings. The highest BCUT2D eigenvalue weighted by Crippen LogP contribution is 2.25. The fourth-order valence-electron chi connectivity index (χ4n) is 2.90. The van der Waals surface area contributed by atoms with Crippen LogP contribution in [-0.2, 0) is 11.9 Å². The van der Waals surface area contributed by atoms with Gasteiger partial charge in [-0.3, -0.25) is 9.59 Å². The van der Waals surface area contributed by atoms with Gasteiger partial charge in [0.05, 0.1) is 22.2 Å². The van der Waals surface area contributed by atoms with E-state index in [1.807, 2.05) is 18.3 Å². The third-order valence-electron chi connectivity index (χ3n) is 4.05. The van der Waals surface area contributed by atoms with Crippen LogP contribution in [0.5, 0.6) is 0 Å². The van der Waals surface area contributed by atoms with Crippen molar-refractivity contribution in [3.8, 4) is 0 Å². The van der Waals surface area contributed by atoms with Crippen LogP contribution >= 0.6 is 0 Å². The first-order valence-corrected chi connectivity index (χ1v) is 7.32. The highest BCUT2D eigenvalue weighted by molar-refractivity contribution is 6.21. The van der Waals surface area contributed by atoms with E-state index in [9.17, 15) is 14.4 Å². The Morgan fingerprint density at radius 2 is 1.58 bits per heavy atom. The fraction of sp³-hybridized carbons (Fsp3) is 0.0556. The number of amides is 2. The molecule has 0 N–H and O–H groups in total. The second kappa shape index (κ2) is 5.06. The largest absolute Gasteiger partial charge is 0.366 e. The number of benzene rings is 2. The molecule has 0 aliphatic carbocycles. The van der Waals surface area contributed by atoms with Crippen LogP contribution in [-0.4, -0.2) is 27.4 Å². The number of aromatic nitrogens is 1. The molecule has 4 rings (SSSR count). The molecule has 0 spiro atoms. The summed E-state index contributed by atoms with van der Waals surface area (Å²) in [6, 6.07) is 13.4. The summed E-state index contributed by atoms with van der Waals surface area (Å²) >= 11 is 0. The Balaban J connectivity index is 1.69. The van der Waals surface area contributed by atoms with Crippen molar-refractivity contribution in [2.45, 2.75) is 0 Å². The lowest BCUT2D eigenvalue weighted by Gasteiger charge is -2.13. The highest BCUT2D eigenvalue weighted by atomic mass is 16.7. The zero-order valence-electron chi connectivity index (χ0n) is 12.7. The van der Waals surface area contributed by atoms with Crippen molar-refractivity contribution in [2.24, 2.45) is 7.05 Å². The molecule has 0 bridgehead atoms. The lowest BCUT2D eigenvalue weighted by Crippen LogP contribution is -2.32. The summed E-state index contributed by atoms with van der Waals surface area (Å²) in [7, 11) is 1.81. The number of rotatable bonds is 2. The average Bonchev–Trinajstić information content (AvgIpc) is 3.09. The molecule has 1 aromatic heterocycles. The number of fused-ring (bicyclic) bond motifs is 2. The third-order valence-corrected chi connectivity index (χ3v) is 4.05. The molecule has 0 radical (unpaired) electrons. The van der Waals surface area contributed by atoms with Crippen molar-refractivity contribution in [2.75, 3.05) is 0 Å². The van der Waals surface area contributed by atoms with Crippen LogP contribution in [0.2, 0.25) is 0 Å². The van der Waals surface area contributed by atoms with Crippen LogP contribution in [0.15, 0.2) is 54.7 Å². The zero-order chi connectivity index (χ0) is 16.8. The molecule has 24 heavy (non-hydrogen) atoms. The second-order valence-electron chi connectivity index (χ2n) is 5.50. The predicted octanol–water partition coefficient (Wildman–Crippen LogP) is 2.55. The number of nitrogens with zero attached hydrogens (tertiary/aromatic N) is 2. The Labute approximate surface area is 136 Å². The molecule has 0 atom stereocenters. The van der Waals surface area contributed by atoms with Crippen molar-refractivity contribution >= 4 is 28.7 Å². The van der Waals surface area contributed by atoms with Crippen molar-refractivity contribution in [1.29, 1.82) is 0 Å². The maximum atomic E-state index is 12.5. The molecular formula is C18H12N2O4. The van der Waals surface area contributed by atoms with Crippen molar-refractivity contribution in [3.05, 3.63) is 71.4 Å². The number of imide groups is 1. The molecule has 1 aliphatic heterocycles. The molecule has 2 aromatic carbocycles. The summed E-state index contributed by atoms with van der Waals surface area (Å²) < 4.78 is 1.79. The minimum Gasteiger partial charge on any atom is -0.350 e. The summed E-state index contributed by atoms with van der Waals surface area (Å²) in [5.74, 6) is -2.03. The topological polar surface area (TPSA) is 68.6 Å². The van der Waals surface area contributed by atoms with Gasteiger partial charge in [0.25, 0.3) is 11.8 Å². The molecule has 1 aliphatic rings. The van der Waals surface area contributed by atoms with E-state index >= 15 is 0 Å². The standard InChI is InChI=1S/C18H12N2O4/c1-19-10-9-11-5-4-8-14(15(11)19)18(23)24-20-16(21)12-6-2-3-7-13(12)17(20)22/h2-10H,1H3. The Hall–Kier alpha value is -3.41. The van der Waals surface area contributed by atoms with Crippen molar-refractivity contribution in [3.63, 3.8) is 0 Å². The first kappa shape index (κ1) is 14.2. The SMILES string of the molecule is Cn1ccc2cccc(C(=O)ON3C(=O)c4ccccc4C3=O)c21. The second-order valence-corrected chi connectivity index (χ2v) is 5.50. The van der Waals surface area contributed by atoms with Gasteiger partial charge in [-0.2, -0.15) is 0 Å². The fourth-order valence-corrected chi connectivity index (χ4v) is 2.90. The van der Waals surface area contributed by atoms with Crippen LogP contribution in [0, 0.1) is 0 Å². The Kier molecular flexibility index (Phi) is 2.99. The van der Waals surface area contributed by atoms with Crippen LogP contribution in [0.1, 0.15) is 31.1 Å². The molecule has 2 heterocycles. The maximum absolute atomic E-state index is 12.5. The molecule has 0 unspecified atom stereocenters. The summed E-state index contributed by atoms with van der Waals surface area (Å²) in [6.07, 6.45) is 1.82. The van der Waals surface area contributed by atoms with E-state index in [0.717, 1.165) is 5.39 Å². The third kappa shape index (κ3) is 1.93. The lowest BCUT2D eigenvalue weighted by molar-refractivity contribution is -0.0583. The number of hydrogen-bond donors (Lipinski definition) is 0. The average molecular weight is 320 g/mol. The number of hydrogen-bond acceptors (Lipinski definition) is 4. The van der Waals surface area contributed by atoms with E-state index in [1.54, 1.807) is 35.9 Å². The quantitative estimate of drug-likeness (QED) is 0.681. The first-order valence-electron chi connectivity index (χ1n) is 7.32. The molecule has 0 saturated heterocycles. The van der Waals surface area contributed by atoms with Gasteiger partial charge in [-0.15, -0.1) is 0 Å². The minimum atomic E-state index is -0.753. The molecule has 6 heteroatoms. The number of carbonyl (C=O) groups excluding carboxylic acids is 3. The minimum absolute atomic E-state index is 0.229. The lowest BCUT2D eigenvalue weighted by atomic mass is 10.1. The van der Waals surface area contributed by atoms with Gasteiger partial charge in [0, 0.05) is 18.6 Å². The van der Waals surface area contributed by atoms with Gasteiger partial charge in [-0.1, -0.05) is 29.3 Å². The summed E-state index contributed by atoms with van der Waals surface area (Å²) in [6.45, 7) is 0. The van der Waals surface area contributed by atoms with Crippen molar-refractivity contribution < 1.29 is 19.2 Å². The van der Waals surface area contributed by atoms with Crippen LogP contribution < -0.4 is 0 Å². The predicted molar refractivity (Wildman–Crippen MR) is 85.3 cm³/mol. The summed E-state index contributed by atoms with van der Waals surface area (Å²) in [5.41, 5.74) is 1.43. The van der Waals surface area contributed by atoms with E-state index in [2.05, 4.69) is 0 Å². The number of aryl methyl sites for hydroxylation is 1. The van der Waals surface area contributed by atoms with E-state index in [0.29, 0.717) is 10.6 Å². The van der Waals surface area contributed by atoms with Gasteiger partial charge < -0.3 is 9.40 Å². The van der Waals surface area contributed by atoms with E-state index in [-0.39, 0.29) is 16.7 Å². The monoisotopic (exact) mass is 320 g/mol. The number of para-hydroxylation sites is 1. The molecular weight excluding hydrogens is 308 g/mol. The molecule has 0 saturated carbocycles. The van der Waals surface area contributed by atoms with E-state index in [1.165, 1.54) is 12.1 Å². The smallest absolute Gasteiger partial charge is 0.350 e. The van der Waals surface area contributed by atoms with Crippen LogP contribution in [0.25, 0.3) is 10.9 Å². The normalized spacial score (nSPS) is 13.5. The Morgan fingerprint density at radius 3 is 2.25 bits per heavy atom.